The minimum absolute atomic E-state index is 0.00491. The molecule has 0 bridgehead atoms. The van der Waals surface area contributed by atoms with E-state index in [9.17, 15) is 10.4 Å². The Morgan fingerprint density at radius 3 is 2.94 bits per heavy atom. The lowest BCUT2D eigenvalue weighted by atomic mass is 9.94. The van der Waals surface area contributed by atoms with Gasteiger partial charge in [-0.15, -0.1) is 11.3 Å². The Morgan fingerprint density at radius 1 is 1.32 bits per heavy atom. The number of thiophene rings is 1. The summed E-state index contributed by atoms with van der Waals surface area (Å²) in [6.07, 6.45) is 7.51. The van der Waals surface area contributed by atoms with Gasteiger partial charge in [-0.2, -0.15) is 15.5 Å². The summed E-state index contributed by atoms with van der Waals surface area (Å²) < 4.78 is 9.84. The van der Waals surface area contributed by atoms with Crippen LogP contribution in [0.1, 0.15) is 19.4 Å². The Balaban J connectivity index is 1.49. The van der Waals surface area contributed by atoms with Crippen molar-refractivity contribution in [1.29, 1.82) is 5.26 Å². The first-order chi connectivity index (χ1) is 15.1. The first-order valence-electron chi connectivity index (χ1n) is 9.79. The van der Waals surface area contributed by atoms with Gasteiger partial charge >= 0.3 is 0 Å². The molecule has 0 spiro atoms. The van der Waals surface area contributed by atoms with Crippen LogP contribution in [0.2, 0.25) is 0 Å². The summed E-state index contributed by atoms with van der Waals surface area (Å²) in [7, 11) is 0. The topological polar surface area (TPSA) is 127 Å². The highest BCUT2D eigenvalue weighted by atomic mass is 32.1. The van der Waals surface area contributed by atoms with E-state index in [4.69, 9.17) is 9.72 Å². The fraction of sp³-hybridized carbons (Fsp3) is 0.350. The van der Waals surface area contributed by atoms with E-state index in [-0.39, 0.29) is 12.6 Å². The molecule has 5 rings (SSSR count). The monoisotopic (exact) mass is 436 g/mol. The molecule has 0 radical (unpaired) electrons. The van der Waals surface area contributed by atoms with E-state index in [1.54, 1.807) is 28.4 Å². The van der Waals surface area contributed by atoms with Crippen LogP contribution < -0.4 is 5.32 Å². The average molecular weight is 437 g/mol. The molecule has 1 fully saturated rings. The number of nitrogens with zero attached hydrogens (tertiary/aromatic N) is 7. The first kappa shape index (κ1) is 19.6. The Kier molecular flexibility index (Phi) is 4.90. The fourth-order valence-corrected chi connectivity index (χ4v) is 4.32. The Morgan fingerprint density at radius 2 is 2.19 bits per heavy atom. The molecule has 4 aromatic heterocycles. The maximum atomic E-state index is 9.32. The van der Waals surface area contributed by atoms with Crippen LogP contribution in [0.15, 0.2) is 36.2 Å². The lowest BCUT2D eigenvalue weighted by Crippen LogP contribution is -2.51. The van der Waals surface area contributed by atoms with Crippen LogP contribution in [0.4, 0.5) is 11.6 Å². The van der Waals surface area contributed by atoms with Crippen molar-refractivity contribution in [2.24, 2.45) is 0 Å². The largest absolute Gasteiger partial charge is 0.394 e. The summed E-state index contributed by atoms with van der Waals surface area (Å²) >= 11 is 1.57. The molecule has 1 aliphatic heterocycles. The number of aliphatic hydroxyl groups is 1. The number of ether oxygens (including phenoxy) is 1. The second kappa shape index (κ2) is 7.73. The van der Waals surface area contributed by atoms with Gasteiger partial charge in [0.05, 0.1) is 72.3 Å². The predicted octanol–water partition coefficient (Wildman–Crippen LogP) is 2.69. The summed E-state index contributed by atoms with van der Waals surface area (Å²) in [5.41, 5.74) is 2.79. The van der Waals surface area contributed by atoms with Gasteiger partial charge in [0.25, 0.3) is 0 Å². The lowest BCUT2D eigenvalue weighted by Gasteiger charge is -2.39. The number of nitriles is 1. The molecule has 0 saturated carbocycles. The predicted molar refractivity (Wildman–Crippen MR) is 115 cm³/mol. The summed E-state index contributed by atoms with van der Waals surface area (Å²) in [5, 5.41) is 32.5. The second-order valence-corrected chi connectivity index (χ2v) is 8.54. The van der Waals surface area contributed by atoms with Crippen LogP contribution in [-0.2, 0) is 10.3 Å². The number of rotatable bonds is 7. The number of aromatic nitrogens is 6. The molecule has 0 unspecified atom stereocenters. The highest BCUT2D eigenvalue weighted by Crippen LogP contribution is 2.34. The van der Waals surface area contributed by atoms with E-state index in [1.807, 2.05) is 35.4 Å². The maximum Gasteiger partial charge on any atom is 0.228 e. The summed E-state index contributed by atoms with van der Waals surface area (Å²) in [6.45, 7) is 2.84. The van der Waals surface area contributed by atoms with Crippen molar-refractivity contribution in [3.63, 3.8) is 0 Å². The fourth-order valence-electron chi connectivity index (χ4n) is 3.48. The van der Waals surface area contributed by atoms with Crippen LogP contribution in [0.3, 0.4) is 0 Å². The van der Waals surface area contributed by atoms with Crippen LogP contribution in [-0.4, -0.2) is 54.5 Å². The van der Waals surface area contributed by atoms with Gasteiger partial charge in [-0.25, -0.2) is 9.97 Å². The molecule has 10 nitrogen and oxygen atoms in total. The van der Waals surface area contributed by atoms with Gasteiger partial charge in [-0.1, -0.05) is 0 Å². The van der Waals surface area contributed by atoms with Crippen molar-refractivity contribution >= 4 is 33.2 Å². The van der Waals surface area contributed by atoms with Gasteiger partial charge in [0.15, 0.2) is 0 Å². The summed E-state index contributed by atoms with van der Waals surface area (Å²) in [4.78, 5) is 9.37. The van der Waals surface area contributed by atoms with Crippen molar-refractivity contribution in [3.05, 3.63) is 36.2 Å². The van der Waals surface area contributed by atoms with Crippen LogP contribution in [0.25, 0.3) is 21.5 Å². The van der Waals surface area contributed by atoms with E-state index in [0.29, 0.717) is 25.6 Å². The Labute approximate surface area is 181 Å². The van der Waals surface area contributed by atoms with Gasteiger partial charge in [-0.05, 0) is 18.4 Å². The lowest BCUT2D eigenvalue weighted by molar-refractivity contribution is -0.104. The van der Waals surface area contributed by atoms with Gasteiger partial charge in [0.2, 0.25) is 5.95 Å². The van der Waals surface area contributed by atoms with E-state index in [0.717, 1.165) is 27.2 Å². The third kappa shape index (κ3) is 3.44. The van der Waals surface area contributed by atoms with Crippen LogP contribution >= 0.6 is 11.3 Å². The first-order valence-corrected chi connectivity index (χ1v) is 10.7. The molecule has 1 aliphatic rings. The van der Waals surface area contributed by atoms with Crippen molar-refractivity contribution in [1.82, 2.24) is 29.5 Å². The normalized spacial score (nSPS) is 16.0. The Bertz CT molecular complexity index is 1270. The highest BCUT2D eigenvalue weighted by molar-refractivity contribution is 7.17. The molecule has 1 atom stereocenters. The maximum absolute atomic E-state index is 9.32. The van der Waals surface area contributed by atoms with E-state index in [2.05, 4.69) is 26.6 Å². The summed E-state index contributed by atoms with van der Waals surface area (Å²) in [6, 6.07) is 4.07. The van der Waals surface area contributed by atoms with E-state index in [1.165, 1.54) is 0 Å². The zero-order valence-corrected chi connectivity index (χ0v) is 17.6. The number of hydrogen-bond acceptors (Lipinski definition) is 9. The standard InChI is InChI=1S/C20H20N8O2S/c1-13(10-29)27-9-15(7-22-27)24-19-25-16-2-5-31-18(16)17(26-19)14-6-23-28(8-14)20(3-4-21)11-30-12-20/h2,5-9,13,29H,3,10-12H2,1H3,(H,24,25,26)/t13-/m0/s1. The minimum Gasteiger partial charge on any atom is -0.394 e. The number of nitrogens with one attached hydrogen (secondary N) is 1. The second-order valence-electron chi connectivity index (χ2n) is 7.62. The van der Waals surface area contributed by atoms with Crippen molar-refractivity contribution < 1.29 is 9.84 Å². The molecule has 1 saturated heterocycles. The molecule has 158 valence electrons. The zero-order chi connectivity index (χ0) is 21.4. The molecule has 31 heavy (non-hydrogen) atoms. The zero-order valence-electron chi connectivity index (χ0n) is 16.8. The van der Waals surface area contributed by atoms with Gasteiger partial charge < -0.3 is 15.2 Å². The number of aliphatic hydroxyl groups excluding tert-OH is 1. The smallest absolute Gasteiger partial charge is 0.228 e. The molecule has 0 amide bonds. The number of anilines is 2. The average Bonchev–Trinajstić information content (AvgIpc) is 3.50. The third-order valence-corrected chi connectivity index (χ3v) is 6.28. The van der Waals surface area contributed by atoms with Crippen molar-refractivity contribution in [3.8, 4) is 17.3 Å². The highest BCUT2D eigenvalue weighted by Gasteiger charge is 2.41. The third-order valence-electron chi connectivity index (χ3n) is 5.37. The quantitative estimate of drug-likeness (QED) is 0.453. The molecule has 0 aromatic carbocycles. The van der Waals surface area contributed by atoms with Gasteiger partial charge in [-0.3, -0.25) is 9.36 Å². The molecule has 4 aromatic rings. The van der Waals surface area contributed by atoms with Gasteiger partial charge in [0, 0.05) is 18.0 Å². The molecule has 5 heterocycles. The number of fused-ring (bicyclic) bond motifs is 1. The molecule has 2 N–H and O–H groups in total. The van der Waals surface area contributed by atoms with Crippen LogP contribution in [0, 0.1) is 11.3 Å². The van der Waals surface area contributed by atoms with Gasteiger partial charge in [0.1, 0.15) is 5.54 Å². The van der Waals surface area contributed by atoms with E-state index >= 15 is 0 Å². The van der Waals surface area contributed by atoms with E-state index < -0.39 is 5.54 Å². The van der Waals surface area contributed by atoms with Crippen molar-refractivity contribution in [2.75, 3.05) is 25.1 Å². The SMILES string of the molecule is C[C@@H](CO)n1cc(Nc2nc(-c3cnn(C4(CC#N)COC4)c3)c3sccc3n2)cn1. The molecule has 0 aliphatic carbocycles. The van der Waals surface area contributed by atoms with Crippen LogP contribution in [0.5, 0.6) is 0 Å². The number of hydrogen-bond donors (Lipinski definition) is 2. The molecular weight excluding hydrogens is 416 g/mol. The molecular formula is C20H20N8O2S. The Hall–Kier alpha value is -3.33. The minimum atomic E-state index is -0.409. The molecule has 11 heteroatoms. The summed E-state index contributed by atoms with van der Waals surface area (Å²) in [5.74, 6) is 0.448. The van der Waals surface area contributed by atoms with Crippen molar-refractivity contribution in [2.45, 2.75) is 24.9 Å².